The van der Waals surface area contributed by atoms with Gasteiger partial charge >= 0.3 is 0 Å². The lowest BCUT2D eigenvalue weighted by atomic mass is 10.0. The summed E-state index contributed by atoms with van der Waals surface area (Å²) in [6.07, 6.45) is 0. The molecule has 2 heterocycles. The predicted molar refractivity (Wildman–Crippen MR) is 73.9 cm³/mol. The molecule has 0 fully saturated rings. The van der Waals surface area contributed by atoms with Crippen molar-refractivity contribution in [3.05, 3.63) is 41.5 Å². The highest BCUT2D eigenvalue weighted by Crippen LogP contribution is 2.26. The molecule has 0 aliphatic heterocycles. The van der Waals surface area contributed by atoms with E-state index in [1.807, 2.05) is 12.1 Å². The number of aromatic nitrogens is 5. The maximum Gasteiger partial charge on any atom is 0.239 e. The van der Waals surface area contributed by atoms with Crippen molar-refractivity contribution in [1.29, 1.82) is 0 Å². The molecule has 102 valence electrons. The van der Waals surface area contributed by atoms with Gasteiger partial charge < -0.3 is 4.74 Å². The summed E-state index contributed by atoms with van der Waals surface area (Å²) in [5.74, 6) is 1.69. The lowest BCUT2D eigenvalue weighted by Gasteiger charge is -2.10. The van der Waals surface area contributed by atoms with Crippen LogP contribution in [0.1, 0.15) is 30.9 Å². The van der Waals surface area contributed by atoms with Gasteiger partial charge in [0.2, 0.25) is 5.88 Å². The fourth-order valence-electron chi connectivity index (χ4n) is 1.98. The maximum absolute atomic E-state index is 5.80. The van der Waals surface area contributed by atoms with Crippen molar-refractivity contribution >= 4 is 5.65 Å². The smallest absolute Gasteiger partial charge is 0.239 e. The first-order valence-corrected chi connectivity index (χ1v) is 6.47. The second-order valence-corrected chi connectivity index (χ2v) is 5.03. The molecule has 1 aromatic carbocycles. The van der Waals surface area contributed by atoms with E-state index in [4.69, 9.17) is 4.74 Å². The average Bonchev–Trinajstić information content (AvgIpc) is 2.85. The molecule has 3 rings (SSSR count). The lowest BCUT2D eigenvalue weighted by molar-refractivity contribution is 0.446. The zero-order chi connectivity index (χ0) is 14.1. The van der Waals surface area contributed by atoms with Gasteiger partial charge in [0, 0.05) is 6.07 Å². The first-order chi connectivity index (χ1) is 9.61. The van der Waals surface area contributed by atoms with Gasteiger partial charge in [0.15, 0.2) is 5.65 Å². The normalized spacial score (nSPS) is 11.2. The van der Waals surface area contributed by atoms with Crippen LogP contribution in [0.3, 0.4) is 0 Å². The topological polar surface area (TPSA) is 65.2 Å². The molecule has 0 saturated carbocycles. The van der Waals surface area contributed by atoms with Crippen LogP contribution in [0, 0.1) is 6.92 Å². The molecular formula is C14H15N5O. The summed E-state index contributed by atoms with van der Waals surface area (Å²) in [6, 6.07) is 9.69. The van der Waals surface area contributed by atoms with Gasteiger partial charge in [-0.3, -0.25) is 0 Å². The van der Waals surface area contributed by atoms with Crippen LogP contribution in [-0.4, -0.2) is 25.3 Å². The molecule has 0 spiro atoms. The number of hydrogen-bond acceptors (Lipinski definition) is 5. The number of tetrazole rings is 1. The summed E-state index contributed by atoms with van der Waals surface area (Å²) < 4.78 is 7.14. The summed E-state index contributed by atoms with van der Waals surface area (Å²) in [7, 11) is 0. The Morgan fingerprint density at radius 1 is 1.15 bits per heavy atom. The van der Waals surface area contributed by atoms with E-state index in [2.05, 4.69) is 47.5 Å². The van der Waals surface area contributed by atoms with Gasteiger partial charge in [0.05, 0.1) is 0 Å². The summed E-state index contributed by atoms with van der Waals surface area (Å²) in [5.41, 5.74) is 2.99. The van der Waals surface area contributed by atoms with E-state index in [1.54, 1.807) is 12.1 Å². The van der Waals surface area contributed by atoms with Crippen molar-refractivity contribution in [2.24, 2.45) is 0 Å². The first-order valence-electron chi connectivity index (χ1n) is 6.47. The maximum atomic E-state index is 5.80. The van der Waals surface area contributed by atoms with Crippen molar-refractivity contribution in [2.75, 3.05) is 0 Å². The quantitative estimate of drug-likeness (QED) is 0.731. The third-order valence-electron chi connectivity index (χ3n) is 3.01. The molecule has 0 saturated heterocycles. The third kappa shape index (κ3) is 2.45. The van der Waals surface area contributed by atoms with Crippen LogP contribution in [0.4, 0.5) is 0 Å². The average molecular weight is 269 g/mol. The van der Waals surface area contributed by atoms with Crippen molar-refractivity contribution in [2.45, 2.75) is 26.7 Å². The first kappa shape index (κ1) is 12.5. The van der Waals surface area contributed by atoms with E-state index in [9.17, 15) is 0 Å². The summed E-state index contributed by atoms with van der Waals surface area (Å²) in [4.78, 5) is 0. The van der Waals surface area contributed by atoms with Crippen molar-refractivity contribution in [3.8, 4) is 11.6 Å². The number of rotatable bonds is 3. The highest BCUT2D eigenvalue weighted by Gasteiger charge is 2.06. The number of ether oxygens (including phenoxy) is 1. The molecule has 20 heavy (non-hydrogen) atoms. The van der Waals surface area contributed by atoms with Crippen LogP contribution in [0.5, 0.6) is 11.6 Å². The van der Waals surface area contributed by atoms with Gasteiger partial charge in [-0.05, 0) is 52.6 Å². The Labute approximate surface area is 116 Å². The summed E-state index contributed by atoms with van der Waals surface area (Å²) in [6.45, 7) is 6.37. The Morgan fingerprint density at radius 2 is 2.00 bits per heavy atom. The standard InChI is InChI=1S/C14H15N5O/c1-9(2)11-6-10(3)7-12(8-11)20-14-5-4-13-15-17-18-19(13)16-14/h4-9H,1-3H3. The fourth-order valence-corrected chi connectivity index (χ4v) is 1.98. The Kier molecular flexibility index (Phi) is 3.06. The molecule has 2 aromatic heterocycles. The second-order valence-electron chi connectivity index (χ2n) is 5.03. The van der Waals surface area contributed by atoms with E-state index in [0.29, 0.717) is 17.4 Å². The van der Waals surface area contributed by atoms with Crippen molar-refractivity contribution in [3.63, 3.8) is 0 Å². The molecule has 0 unspecified atom stereocenters. The number of hydrogen-bond donors (Lipinski definition) is 0. The molecule has 3 aromatic rings. The number of fused-ring (bicyclic) bond motifs is 1. The number of aryl methyl sites for hydroxylation is 1. The molecule has 6 nitrogen and oxygen atoms in total. The second kappa shape index (κ2) is 4.88. The van der Waals surface area contributed by atoms with Gasteiger partial charge in [-0.2, -0.15) is 0 Å². The zero-order valence-corrected chi connectivity index (χ0v) is 11.6. The molecule has 6 heteroatoms. The van der Waals surface area contributed by atoms with Gasteiger partial charge in [0.1, 0.15) is 5.75 Å². The van der Waals surface area contributed by atoms with E-state index >= 15 is 0 Å². The van der Waals surface area contributed by atoms with Gasteiger partial charge in [0.25, 0.3) is 0 Å². The van der Waals surface area contributed by atoms with E-state index in [1.165, 1.54) is 10.2 Å². The molecule has 0 N–H and O–H groups in total. The molecule has 0 aliphatic carbocycles. The highest BCUT2D eigenvalue weighted by atomic mass is 16.5. The fraction of sp³-hybridized carbons (Fsp3) is 0.286. The van der Waals surface area contributed by atoms with Crippen molar-refractivity contribution in [1.82, 2.24) is 25.3 Å². The van der Waals surface area contributed by atoms with Crippen LogP contribution in [0.15, 0.2) is 30.3 Å². The predicted octanol–water partition coefficient (Wildman–Crippen LogP) is 2.74. The lowest BCUT2D eigenvalue weighted by Crippen LogP contribution is -1.98. The van der Waals surface area contributed by atoms with Crippen LogP contribution in [-0.2, 0) is 0 Å². The van der Waals surface area contributed by atoms with Gasteiger partial charge in [-0.15, -0.1) is 14.8 Å². The molecule has 0 amide bonds. The Hall–Kier alpha value is -2.50. The largest absolute Gasteiger partial charge is 0.438 e. The Bertz CT molecular complexity index is 750. The minimum Gasteiger partial charge on any atom is -0.438 e. The summed E-state index contributed by atoms with van der Waals surface area (Å²) in [5, 5.41) is 15.3. The Morgan fingerprint density at radius 3 is 2.80 bits per heavy atom. The van der Waals surface area contributed by atoms with Crippen molar-refractivity contribution < 1.29 is 4.74 Å². The van der Waals surface area contributed by atoms with Gasteiger partial charge in [-0.1, -0.05) is 19.9 Å². The number of benzene rings is 1. The minimum absolute atomic E-state index is 0.451. The van der Waals surface area contributed by atoms with Crippen LogP contribution in [0.25, 0.3) is 5.65 Å². The zero-order valence-electron chi connectivity index (χ0n) is 11.6. The molecular weight excluding hydrogens is 254 g/mol. The SMILES string of the molecule is Cc1cc(Oc2ccc3nnnn3n2)cc(C(C)C)c1. The van der Waals surface area contributed by atoms with E-state index < -0.39 is 0 Å². The van der Waals surface area contributed by atoms with Crippen LogP contribution >= 0.6 is 0 Å². The molecule has 0 atom stereocenters. The number of nitrogens with zero attached hydrogens (tertiary/aromatic N) is 5. The van der Waals surface area contributed by atoms with E-state index in [-0.39, 0.29) is 0 Å². The Balaban J connectivity index is 1.93. The summed E-state index contributed by atoms with van der Waals surface area (Å²) >= 11 is 0. The highest BCUT2D eigenvalue weighted by molar-refractivity contribution is 5.39. The monoisotopic (exact) mass is 269 g/mol. The minimum atomic E-state index is 0.451. The molecule has 0 aliphatic rings. The third-order valence-corrected chi connectivity index (χ3v) is 3.01. The van der Waals surface area contributed by atoms with Crippen LogP contribution in [0.2, 0.25) is 0 Å². The van der Waals surface area contributed by atoms with E-state index in [0.717, 1.165) is 11.3 Å². The molecule has 0 radical (unpaired) electrons. The molecule has 0 bridgehead atoms. The van der Waals surface area contributed by atoms with Crippen LogP contribution < -0.4 is 4.74 Å². The van der Waals surface area contributed by atoms with Gasteiger partial charge in [-0.25, -0.2) is 0 Å².